The lowest BCUT2D eigenvalue weighted by Gasteiger charge is -2.28. The first-order chi connectivity index (χ1) is 10.3. The van der Waals surface area contributed by atoms with Gasteiger partial charge in [0.15, 0.2) is 0 Å². The number of hydrogen-bond acceptors (Lipinski definition) is 2. The minimum absolute atomic E-state index is 0.198. The number of rotatable bonds is 5. The molecule has 2 rings (SSSR count). The molecule has 0 bridgehead atoms. The van der Waals surface area contributed by atoms with Gasteiger partial charge < -0.3 is 14.6 Å². The van der Waals surface area contributed by atoms with Gasteiger partial charge in [0.2, 0.25) is 0 Å². The number of hydrogen-bond donors (Lipinski definition) is 1. The molecule has 2 aromatic rings. The van der Waals surface area contributed by atoms with E-state index in [2.05, 4.69) is 0 Å². The monoisotopic (exact) mass is 304 g/mol. The van der Waals surface area contributed by atoms with E-state index in [0.29, 0.717) is 12.2 Å². The molecule has 4 nitrogen and oxygen atoms in total. The Hall–Kier alpha value is -2.14. The Morgan fingerprint density at radius 1 is 1.32 bits per heavy atom. The summed E-state index contributed by atoms with van der Waals surface area (Å²) in [6.45, 7) is 5.75. The van der Waals surface area contributed by atoms with Crippen LogP contribution in [0.4, 0.5) is 4.39 Å². The summed E-state index contributed by atoms with van der Waals surface area (Å²) in [6, 6.07) is 8.04. The number of halogens is 1. The predicted molar refractivity (Wildman–Crippen MR) is 83.6 cm³/mol. The van der Waals surface area contributed by atoms with Gasteiger partial charge in [0.25, 0.3) is 5.91 Å². The van der Waals surface area contributed by atoms with Crippen molar-refractivity contribution >= 4 is 5.91 Å². The Morgan fingerprint density at radius 3 is 2.45 bits per heavy atom. The smallest absolute Gasteiger partial charge is 0.254 e. The number of benzene rings is 1. The zero-order valence-corrected chi connectivity index (χ0v) is 13.1. The second kappa shape index (κ2) is 6.32. The summed E-state index contributed by atoms with van der Waals surface area (Å²) in [5, 5.41) is 9.87. The zero-order valence-electron chi connectivity index (χ0n) is 13.1. The summed E-state index contributed by atoms with van der Waals surface area (Å²) in [5.41, 5.74) is -0.318. The molecular weight excluding hydrogens is 283 g/mol. The van der Waals surface area contributed by atoms with Crippen LogP contribution < -0.4 is 0 Å². The highest BCUT2D eigenvalue weighted by atomic mass is 19.1. The average molecular weight is 304 g/mol. The Balaban J connectivity index is 2.25. The third kappa shape index (κ3) is 3.74. The van der Waals surface area contributed by atoms with Crippen molar-refractivity contribution in [2.24, 2.45) is 0 Å². The molecule has 0 atom stereocenters. The molecule has 0 saturated carbocycles. The molecule has 0 saturated heterocycles. The van der Waals surface area contributed by atoms with E-state index in [1.165, 1.54) is 11.0 Å². The van der Waals surface area contributed by atoms with Gasteiger partial charge >= 0.3 is 0 Å². The van der Waals surface area contributed by atoms with Crippen LogP contribution in [0.2, 0.25) is 0 Å². The summed E-state index contributed by atoms with van der Waals surface area (Å²) in [5.74, 6) is -0.746. The highest BCUT2D eigenvalue weighted by molar-refractivity contribution is 5.94. The lowest BCUT2D eigenvalue weighted by Crippen LogP contribution is -2.42. The lowest BCUT2D eigenvalue weighted by molar-refractivity contribution is 0.0314. The van der Waals surface area contributed by atoms with Gasteiger partial charge in [0.05, 0.1) is 11.3 Å². The number of nitrogens with zero attached hydrogens (tertiary/aromatic N) is 2. The fourth-order valence-corrected chi connectivity index (χ4v) is 2.32. The van der Waals surface area contributed by atoms with Crippen molar-refractivity contribution in [1.82, 2.24) is 9.47 Å². The van der Waals surface area contributed by atoms with Crippen LogP contribution in [0.15, 0.2) is 42.7 Å². The van der Waals surface area contributed by atoms with E-state index in [0.717, 1.165) is 0 Å². The predicted octanol–water partition coefficient (Wildman–Crippen LogP) is 2.85. The van der Waals surface area contributed by atoms with Crippen LogP contribution in [-0.2, 0) is 0 Å². The molecule has 0 unspecified atom stereocenters. The van der Waals surface area contributed by atoms with Crippen LogP contribution in [0.3, 0.4) is 0 Å². The van der Waals surface area contributed by atoms with E-state index in [9.17, 15) is 14.3 Å². The first kappa shape index (κ1) is 16.2. The fraction of sp³-hybridized carbons (Fsp3) is 0.353. The summed E-state index contributed by atoms with van der Waals surface area (Å²) >= 11 is 0. The molecular formula is C17H21FN2O2. The summed E-state index contributed by atoms with van der Waals surface area (Å²) in [7, 11) is 0. The summed E-state index contributed by atoms with van der Waals surface area (Å²) < 4.78 is 15.9. The van der Waals surface area contributed by atoms with Crippen LogP contribution in [0.25, 0.3) is 5.69 Å². The van der Waals surface area contributed by atoms with Gasteiger partial charge in [0.1, 0.15) is 5.82 Å². The summed E-state index contributed by atoms with van der Waals surface area (Å²) in [6.07, 6.45) is 3.49. The third-order valence-corrected chi connectivity index (χ3v) is 3.32. The zero-order chi connectivity index (χ0) is 16.3. The van der Waals surface area contributed by atoms with Crippen LogP contribution >= 0.6 is 0 Å². The molecule has 1 N–H and O–H groups in total. The van der Waals surface area contributed by atoms with E-state index in [1.807, 2.05) is 6.92 Å². The van der Waals surface area contributed by atoms with E-state index < -0.39 is 11.4 Å². The lowest BCUT2D eigenvalue weighted by atomic mass is 10.1. The van der Waals surface area contributed by atoms with Crippen molar-refractivity contribution < 1.29 is 14.3 Å². The molecule has 0 radical (unpaired) electrons. The second-order valence-corrected chi connectivity index (χ2v) is 5.89. The van der Waals surface area contributed by atoms with E-state index in [4.69, 9.17) is 0 Å². The maximum Gasteiger partial charge on any atom is 0.254 e. The molecule has 1 amide bonds. The first-order valence-corrected chi connectivity index (χ1v) is 7.26. The van der Waals surface area contributed by atoms with Crippen molar-refractivity contribution in [2.75, 3.05) is 13.1 Å². The number of aliphatic hydroxyl groups is 1. The molecule has 1 heterocycles. The molecule has 0 aliphatic rings. The van der Waals surface area contributed by atoms with Gasteiger partial charge in [-0.2, -0.15) is 0 Å². The normalized spacial score (nSPS) is 11.5. The molecule has 1 aromatic heterocycles. The minimum atomic E-state index is -0.991. The van der Waals surface area contributed by atoms with Crippen LogP contribution in [0.1, 0.15) is 31.1 Å². The Bertz CT molecular complexity index is 645. The van der Waals surface area contributed by atoms with Crippen molar-refractivity contribution in [3.05, 3.63) is 54.1 Å². The Kier molecular flexibility index (Phi) is 4.66. The van der Waals surface area contributed by atoms with Crippen molar-refractivity contribution in [2.45, 2.75) is 26.4 Å². The molecule has 0 aliphatic heterocycles. The number of aromatic nitrogens is 1. The molecule has 0 spiro atoms. The van der Waals surface area contributed by atoms with E-state index >= 15 is 0 Å². The van der Waals surface area contributed by atoms with Crippen LogP contribution in [-0.4, -0.2) is 39.2 Å². The largest absolute Gasteiger partial charge is 0.389 e. The summed E-state index contributed by atoms with van der Waals surface area (Å²) in [4.78, 5) is 13.9. The van der Waals surface area contributed by atoms with E-state index in [1.54, 1.807) is 55.1 Å². The molecule has 1 aromatic carbocycles. The number of carbonyl (C=O) groups is 1. The SMILES string of the molecule is CCN(CC(C)(C)O)C(=O)c1ccc(-n2cccc2)c(F)c1. The van der Waals surface area contributed by atoms with Crippen molar-refractivity contribution in [3.63, 3.8) is 0 Å². The minimum Gasteiger partial charge on any atom is -0.389 e. The quantitative estimate of drug-likeness (QED) is 0.923. The Morgan fingerprint density at radius 2 is 1.95 bits per heavy atom. The van der Waals surface area contributed by atoms with E-state index in [-0.39, 0.29) is 18.0 Å². The van der Waals surface area contributed by atoms with Gasteiger partial charge in [-0.3, -0.25) is 4.79 Å². The van der Waals surface area contributed by atoms with Crippen molar-refractivity contribution in [1.29, 1.82) is 0 Å². The van der Waals surface area contributed by atoms with Crippen molar-refractivity contribution in [3.8, 4) is 5.69 Å². The number of amides is 1. The highest BCUT2D eigenvalue weighted by Crippen LogP contribution is 2.17. The topological polar surface area (TPSA) is 45.5 Å². The van der Waals surface area contributed by atoms with Gasteiger partial charge in [-0.15, -0.1) is 0 Å². The third-order valence-electron chi connectivity index (χ3n) is 3.32. The van der Waals surface area contributed by atoms with Gasteiger partial charge in [-0.05, 0) is 51.1 Å². The van der Waals surface area contributed by atoms with Gasteiger partial charge in [0, 0.05) is 31.0 Å². The first-order valence-electron chi connectivity index (χ1n) is 7.26. The van der Waals surface area contributed by atoms with Gasteiger partial charge in [-0.1, -0.05) is 0 Å². The maximum absolute atomic E-state index is 14.2. The molecule has 22 heavy (non-hydrogen) atoms. The molecule has 0 aliphatic carbocycles. The highest BCUT2D eigenvalue weighted by Gasteiger charge is 2.23. The number of likely N-dealkylation sites (N-methyl/N-ethyl adjacent to an activating group) is 1. The molecule has 0 fully saturated rings. The molecule has 5 heteroatoms. The Labute approximate surface area is 129 Å². The maximum atomic E-state index is 14.2. The fourth-order valence-electron chi connectivity index (χ4n) is 2.32. The standard InChI is InChI=1S/C17H21FN2O2/c1-4-19(12-17(2,3)22)16(21)13-7-8-15(14(18)11-13)20-9-5-6-10-20/h5-11,22H,4,12H2,1-3H3. The van der Waals surface area contributed by atoms with Gasteiger partial charge in [-0.25, -0.2) is 4.39 Å². The average Bonchev–Trinajstić information content (AvgIpc) is 2.96. The number of carbonyl (C=O) groups excluding carboxylic acids is 1. The second-order valence-electron chi connectivity index (χ2n) is 5.89. The molecule has 118 valence electrons. The van der Waals surface area contributed by atoms with Crippen LogP contribution in [0, 0.1) is 5.82 Å². The van der Waals surface area contributed by atoms with Crippen LogP contribution in [0.5, 0.6) is 0 Å².